The first-order valence-corrected chi connectivity index (χ1v) is 49.8. The van der Waals surface area contributed by atoms with Gasteiger partial charge in [-0.25, -0.2) is 0 Å². The van der Waals surface area contributed by atoms with Gasteiger partial charge in [-0.1, -0.05) is 0 Å². The van der Waals surface area contributed by atoms with Crippen LogP contribution in [0.3, 0.4) is 0 Å². The summed E-state index contributed by atoms with van der Waals surface area (Å²) in [7, 11) is -7.91. The Hall–Kier alpha value is 3.67. The molecule has 0 aromatic carbocycles. The quantitative estimate of drug-likeness (QED) is 0.0604. The van der Waals surface area contributed by atoms with Crippen molar-refractivity contribution in [3.63, 3.8) is 0 Å². The molecule has 54 heavy (non-hydrogen) atoms. The largest absolute Gasteiger partial charge is 3.00 e. The summed E-state index contributed by atoms with van der Waals surface area (Å²) in [5.74, 6) is 0. The zero-order chi connectivity index (χ0) is 43.0. The van der Waals surface area contributed by atoms with Crippen LogP contribution in [0.15, 0.2) is 0 Å². The second-order valence-corrected chi connectivity index (χ2v) is 56.1. The topological polar surface area (TPSA) is 598 Å². The van der Waals surface area contributed by atoms with E-state index in [2.05, 4.69) is 27.9 Å². The zero-order valence-electron chi connectivity index (χ0n) is 22.2. The van der Waals surface area contributed by atoms with Gasteiger partial charge in [0.25, 0.3) is 0 Å². The molecular formula is H3Mo12O40PV+3. The van der Waals surface area contributed by atoms with Crippen LogP contribution in [-0.2, 0) is 334 Å². The van der Waals surface area contributed by atoms with Gasteiger partial charge in [0.2, 0.25) is 0 Å². The molecule has 0 radical (unpaired) electrons. The molecule has 0 aliphatic rings. The Morgan fingerprint density at radius 3 is 0.537 bits per heavy atom. The molecule has 40 nitrogen and oxygen atoms in total. The summed E-state index contributed by atoms with van der Waals surface area (Å²) >= 11 is -97.4. The van der Waals surface area contributed by atoms with Crippen molar-refractivity contribution in [3.05, 3.63) is 0 Å². The van der Waals surface area contributed by atoms with Crippen molar-refractivity contribution in [1.82, 2.24) is 0 Å². The predicted octanol–water partition coefficient (Wildman–Crippen LogP) is -4.63. The van der Waals surface area contributed by atoms with E-state index in [9.17, 15) is 86.1 Å². The molecule has 0 heterocycles. The van der Waals surface area contributed by atoms with Gasteiger partial charge in [-0.05, 0) is 0 Å². The van der Waals surface area contributed by atoms with Crippen molar-refractivity contribution in [3.8, 4) is 0 Å². The van der Waals surface area contributed by atoms with E-state index < -0.39 is 209 Å². The molecule has 0 fully saturated rings. The summed E-state index contributed by atoms with van der Waals surface area (Å²) < 4.78 is 347. The first-order chi connectivity index (χ1) is 22.5. The minimum Gasteiger partial charge on any atom is 3.00 e. The number of hydrogen-bond acceptors (Lipinski definition) is 37. The average Bonchev–Trinajstić information content (AvgIpc) is 2.58. The molecular weight excluding hydrogens is 1870 g/mol. The van der Waals surface area contributed by atoms with Crippen LogP contribution in [-0.4, -0.2) is 11.3 Å². The van der Waals surface area contributed by atoms with Gasteiger partial charge in [-0.2, -0.15) is 0 Å². The second-order valence-electron chi connectivity index (χ2n) is 6.24. The third kappa shape index (κ3) is 29.1. The molecule has 0 unspecified atom stereocenters. The van der Waals surface area contributed by atoms with Crippen LogP contribution in [0.2, 0.25) is 0 Å². The van der Waals surface area contributed by atoms with E-state index in [1.54, 1.807) is 0 Å². The van der Waals surface area contributed by atoms with Crippen molar-refractivity contribution in [1.29, 1.82) is 0 Å². The van der Waals surface area contributed by atoms with Crippen molar-refractivity contribution in [2.24, 2.45) is 0 Å². The molecule has 0 atom stereocenters. The van der Waals surface area contributed by atoms with Gasteiger partial charge in [0.05, 0.1) is 0 Å². The third-order valence-electron chi connectivity index (χ3n) is 2.06. The minimum absolute atomic E-state index is 0. The molecule has 0 aromatic rings. The normalized spacial score (nSPS) is 15.3. The molecule has 0 bridgehead atoms. The Kier molecular flexibility index (Phi) is 22.2. The predicted molar refractivity (Wildman–Crippen MR) is 43.8 cm³/mol. The van der Waals surface area contributed by atoms with E-state index in [0.717, 1.165) is 0 Å². The van der Waals surface area contributed by atoms with Crippen LogP contribution >= 0.6 is 7.82 Å². The van der Waals surface area contributed by atoms with Crippen LogP contribution in [0, 0.1) is 0 Å². The van der Waals surface area contributed by atoms with Gasteiger partial charge in [0.1, 0.15) is 0 Å². The van der Waals surface area contributed by atoms with Crippen molar-refractivity contribution in [2.45, 2.75) is 0 Å². The van der Waals surface area contributed by atoms with Gasteiger partial charge in [0.15, 0.2) is 0 Å². The molecule has 0 spiro atoms. The zero-order valence-corrected chi connectivity index (χ0v) is 48.6. The molecule has 0 rings (SSSR count). The Bertz CT molecular complexity index is 2510. The third-order valence-corrected chi connectivity index (χ3v) is 62.5. The van der Waals surface area contributed by atoms with E-state index in [0.29, 0.717) is 0 Å². The second kappa shape index (κ2) is 20.0. The molecule has 0 aliphatic carbocycles. The molecule has 54 heteroatoms. The number of hydrogen-bond donors (Lipinski definition) is 3. The maximum atomic E-state index is 12.8. The Morgan fingerprint density at radius 1 is 0.259 bits per heavy atom. The maximum absolute atomic E-state index is 12.8. The summed E-state index contributed by atoms with van der Waals surface area (Å²) in [6.45, 7) is 0. The van der Waals surface area contributed by atoms with Gasteiger partial charge in [-0.15, -0.1) is 0 Å². The van der Waals surface area contributed by atoms with Crippen LogP contribution < -0.4 is 0 Å². The standard InChI is InChI=1S/12Mo.H3O4P.3H2O.33O.V/c;;;;;;;;;;;;1-5(2,3)4;;;;;;;;;;;;;;;;;;;;;;;;;;;;;;;;;;;;;/h;;;;;;;;;;;;(H3,1,2,3,4);3*1H2;;;;;;;;;;;;;;;;;;;;;;;;;;;;;;;;;;/q;;;;;;6*+1;;;;;;;;;;;;;;;;;;;;;;;;;;;;;;;;;;;;;;+3/p-6. The number of phosphoric acid groups is 1. The first kappa shape index (κ1) is 59.8. The molecule has 322 valence electrons. The Balaban J connectivity index is 0. The fraction of sp³-hybridized carbons (Fsp3) is 0. The van der Waals surface area contributed by atoms with Gasteiger partial charge >= 0.3 is 353 Å². The smallest absolute Gasteiger partial charge is 3.00 e. The monoisotopic (exact) mass is 1900 g/mol. The maximum Gasteiger partial charge on any atom is 3.00 e. The van der Waals surface area contributed by atoms with Crippen LogP contribution in [0.5, 0.6) is 0 Å². The van der Waals surface area contributed by atoms with Gasteiger partial charge in [0, 0.05) is 0 Å². The fourth-order valence-corrected chi connectivity index (χ4v) is 60.4. The molecule has 0 amide bonds. The van der Waals surface area contributed by atoms with Crippen LogP contribution in [0.4, 0.5) is 0 Å². The Labute approximate surface area is 345 Å². The van der Waals surface area contributed by atoms with Crippen LogP contribution in [0.25, 0.3) is 0 Å². The molecule has 0 saturated carbocycles. The molecule has 0 saturated heterocycles. The van der Waals surface area contributed by atoms with E-state index in [1.807, 2.05) is 0 Å². The van der Waals surface area contributed by atoms with Crippen molar-refractivity contribution in [2.75, 3.05) is 0 Å². The average molecular weight is 1880 g/mol. The van der Waals surface area contributed by atoms with Crippen LogP contribution in [0.1, 0.15) is 0 Å². The van der Waals surface area contributed by atoms with E-state index in [-0.39, 0.29) is 18.6 Å². The first-order valence-electron chi connectivity index (χ1n) is 8.78. The van der Waals surface area contributed by atoms with Gasteiger partial charge in [-0.3, -0.25) is 0 Å². The van der Waals surface area contributed by atoms with Crippen molar-refractivity contribution < 1.29 is 345 Å². The summed E-state index contributed by atoms with van der Waals surface area (Å²) in [4.78, 5) is 0. The van der Waals surface area contributed by atoms with Gasteiger partial charge < -0.3 is 0 Å². The molecule has 0 aromatic heterocycles. The summed E-state index contributed by atoms with van der Waals surface area (Å²) in [6, 6.07) is 0. The number of rotatable bonds is 24. The summed E-state index contributed by atoms with van der Waals surface area (Å²) in [5.41, 5.74) is 0. The summed E-state index contributed by atoms with van der Waals surface area (Å²) in [6.07, 6.45) is 0. The van der Waals surface area contributed by atoms with Crippen molar-refractivity contribution >= 4 is 7.82 Å². The van der Waals surface area contributed by atoms with E-state index >= 15 is 0 Å². The minimum atomic E-state index is -8.79. The van der Waals surface area contributed by atoms with E-state index in [4.69, 9.17) is 11.3 Å². The SMILES string of the molecule is O=P([O][Mo](=[O])(=[O])[O][Mo](=[O])(=[O])[O][Mo](=[O])(=[O])[O][Mo](=[O])(=[O])[OH])([O][Mo](=[O])(=[O])[O][Mo](=[O])(=[O])[O][Mo](=[O])(=[O])[O][Mo](=[O])(=[O])[OH])[O][Mo](=[O])(=[O])[O][Mo](=[O])(=[O])[O][Mo](=[O])(=[O])[O][Mo](=[O])(=[O])[OH].[V+3]. The molecule has 0 aliphatic heterocycles. The molecule has 3 N–H and O–H groups in total. The Morgan fingerprint density at radius 2 is 0.389 bits per heavy atom. The summed E-state index contributed by atoms with van der Waals surface area (Å²) in [5, 5.41) is 0. The fourth-order valence-electron chi connectivity index (χ4n) is 1.41. The van der Waals surface area contributed by atoms with E-state index in [1.165, 1.54) is 0 Å².